The van der Waals surface area contributed by atoms with Gasteiger partial charge in [0.15, 0.2) is 0 Å². The van der Waals surface area contributed by atoms with Gasteiger partial charge in [-0.2, -0.15) is 8.78 Å². The van der Waals surface area contributed by atoms with E-state index in [0.29, 0.717) is 0 Å². The van der Waals surface area contributed by atoms with Crippen LogP contribution in [0.15, 0.2) is 24.3 Å². The summed E-state index contributed by atoms with van der Waals surface area (Å²) < 4.78 is 25.6. The normalized spacial score (nSPS) is 10.4. The summed E-state index contributed by atoms with van der Waals surface area (Å²) in [6.07, 6.45) is 0. The molecule has 80 valence electrons. The molecule has 1 aromatic carbocycles. The van der Waals surface area contributed by atoms with Gasteiger partial charge in [-0.05, 0) is 6.92 Å². The Morgan fingerprint density at radius 3 is 2.29 bits per heavy atom. The minimum atomic E-state index is -3.12. The standard InChI is InChI=1S/C9H10F2O.C2H6/c1-7-3-2-4-8(5-7)9(10,11)6-12;1-2/h2-5,12H,6H2,1H3;1-2H3. The minimum Gasteiger partial charge on any atom is -0.390 e. The first-order valence-corrected chi connectivity index (χ1v) is 4.62. The van der Waals surface area contributed by atoms with Crippen molar-refractivity contribution in [1.82, 2.24) is 0 Å². The largest absolute Gasteiger partial charge is 0.390 e. The quantitative estimate of drug-likeness (QED) is 0.781. The van der Waals surface area contributed by atoms with Crippen molar-refractivity contribution in [3.05, 3.63) is 35.4 Å². The topological polar surface area (TPSA) is 20.2 Å². The summed E-state index contributed by atoms with van der Waals surface area (Å²) in [6.45, 7) is 4.59. The summed E-state index contributed by atoms with van der Waals surface area (Å²) in [5, 5.41) is 8.39. The molecule has 0 heterocycles. The molecule has 0 aliphatic rings. The van der Waals surface area contributed by atoms with Gasteiger partial charge in [0.05, 0.1) is 0 Å². The van der Waals surface area contributed by atoms with Gasteiger partial charge in [0, 0.05) is 5.56 Å². The summed E-state index contributed by atoms with van der Waals surface area (Å²) in [5.41, 5.74) is 0.630. The van der Waals surface area contributed by atoms with Gasteiger partial charge in [-0.3, -0.25) is 0 Å². The van der Waals surface area contributed by atoms with E-state index in [0.717, 1.165) is 5.56 Å². The fourth-order valence-electron chi connectivity index (χ4n) is 0.964. The molecule has 0 fully saturated rings. The smallest absolute Gasteiger partial charge is 0.295 e. The SMILES string of the molecule is CC.Cc1cccc(C(F)(F)CO)c1. The molecule has 0 atom stereocenters. The highest BCUT2D eigenvalue weighted by atomic mass is 19.3. The number of benzene rings is 1. The molecule has 0 unspecified atom stereocenters. The number of aliphatic hydroxyl groups is 1. The van der Waals surface area contributed by atoms with Gasteiger partial charge < -0.3 is 5.11 Å². The summed E-state index contributed by atoms with van der Waals surface area (Å²) in [4.78, 5) is 0. The lowest BCUT2D eigenvalue weighted by Gasteiger charge is -2.13. The van der Waals surface area contributed by atoms with Crippen molar-refractivity contribution < 1.29 is 13.9 Å². The predicted octanol–water partition coefficient (Wildman–Crippen LogP) is 3.11. The van der Waals surface area contributed by atoms with Gasteiger partial charge in [-0.15, -0.1) is 0 Å². The van der Waals surface area contributed by atoms with Crippen molar-refractivity contribution in [2.24, 2.45) is 0 Å². The average Bonchev–Trinajstić information content (AvgIpc) is 2.21. The molecule has 0 radical (unpaired) electrons. The first-order chi connectivity index (χ1) is 6.56. The zero-order valence-corrected chi connectivity index (χ0v) is 8.72. The van der Waals surface area contributed by atoms with Gasteiger partial charge in [0.1, 0.15) is 6.61 Å². The van der Waals surface area contributed by atoms with E-state index in [-0.39, 0.29) is 5.56 Å². The molecule has 1 aromatic rings. The molecule has 0 amide bonds. The van der Waals surface area contributed by atoms with E-state index in [1.54, 1.807) is 19.1 Å². The van der Waals surface area contributed by atoms with Crippen molar-refractivity contribution >= 4 is 0 Å². The second-order valence-electron chi connectivity index (χ2n) is 2.73. The van der Waals surface area contributed by atoms with E-state index in [1.807, 2.05) is 13.8 Å². The van der Waals surface area contributed by atoms with E-state index in [9.17, 15) is 8.78 Å². The Labute approximate surface area is 83.4 Å². The number of halogens is 2. The first kappa shape index (κ1) is 13.0. The van der Waals surface area contributed by atoms with Crippen molar-refractivity contribution in [2.75, 3.05) is 6.61 Å². The van der Waals surface area contributed by atoms with E-state index in [1.165, 1.54) is 12.1 Å². The maximum atomic E-state index is 12.8. The van der Waals surface area contributed by atoms with Crippen molar-refractivity contribution in [3.63, 3.8) is 0 Å². The lowest BCUT2D eigenvalue weighted by Crippen LogP contribution is -2.18. The average molecular weight is 202 g/mol. The van der Waals surface area contributed by atoms with E-state index >= 15 is 0 Å². The molecule has 14 heavy (non-hydrogen) atoms. The zero-order chi connectivity index (χ0) is 11.2. The summed E-state index contributed by atoms with van der Waals surface area (Å²) in [6, 6.07) is 5.96. The number of alkyl halides is 2. The monoisotopic (exact) mass is 202 g/mol. The first-order valence-electron chi connectivity index (χ1n) is 4.62. The van der Waals surface area contributed by atoms with Crippen LogP contribution in [0.2, 0.25) is 0 Å². The Kier molecular flexibility index (Phi) is 5.31. The van der Waals surface area contributed by atoms with Crippen molar-refractivity contribution in [1.29, 1.82) is 0 Å². The molecule has 0 aromatic heterocycles. The van der Waals surface area contributed by atoms with E-state index in [4.69, 9.17) is 5.11 Å². The van der Waals surface area contributed by atoms with Crippen molar-refractivity contribution in [3.8, 4) is 0 Å². The highest BCUT2D eigenvalue weighted by Crippen LogP contribution is 2.27. The van der Waals surface area contributed by atoms with Crippen LogP contribution in [-0.4, -0.2) is 11.7 Å². The molecule has 1 N–H and O–H groups in total. The fraction of sp³-hybridized carbons (Fsp3) is 0.455. The molecule has 0 saturated heterocycles. The van der Waals surface area contributed by atoms with Crippen LogP contribution < -0.4 is 0 Å². The lowest BCUT2D eigenvalue weighted by molar-refractivity contribution is -0.0556. The lowest BCUT2D eigenvalue weighted by atomic mass is 10.1. The van der Waals surface area contributed by atoms with Gasteiger partial charge in [-0.1, -0.05) is 43.7 Å². The Morgan fingerprint density at radius 2 is 1.86 bits per heavy atom. The number of hydrogen-bond acceptors (Lipinski definition) is 1. The van der Waals surface area contributed by atoms with Gasteiger partial charge in [-0.25, -0.2) is 0 Å². The summed E-state index contributed by atoms with van der Waals surface area (Å²) in [5.74, 6) is -3.12. The molecule has 1 rings (SSSR count). The van der Waals surface area contributed by atoms with Gasteiger partial charge in [0.2, 0.25) is 0 Å². The van der Waals surface area contributed by atoms with Crippen LogP contribution >= 0.6 is 0 Å². The Bertz CT molecular complexity index is 272. The minimum absolute atomic E-state index is 0.134. The number of aryl methyl sites for hydroxylation is 1. The number of hydrogen-bond donors (Lipinski definition) is 1. The van der Waals surface area contributed by atoms with Gasteiger partial charge in [0.25, 0.3) is 5.92 Å². The Balaban J connectivity index is 0.000000791. The molecule has 0 saturated carbocycles. The van der Waals surface area contributed by atoms with Crippen LogP contribution in [0.5, 0.6) is 0 Å². The molecule has 0 bridgehead atoms. The third-order valence-electron chi connectivity index (χ3n) is 1.64. The molecule has 3 heteroatoms. The summed E-state index contributed by atoms with van der Waals surface area (Å²) >= 11 is 0. The zero-order valence-electron chi connectivity index (χ0n) is 8.72. The highest BCUT2D eigenvalue weighted by Gasteiger charge is 2.29. The van der Waals surface area contributed by atoms with Crippen LogP contribution in [0.3, 0.4) is 0 Å². The predicted molar refractivity (Wildman–Crippen MR) is 53.5 cm³/mol. The molecule has 0 spiro atoms. The highest BCUT2D eigenvalue weighted by molar-refractivity contribution is 5.25. The van der Waals surface area contributed by atoms with Crippen LogP contribution in [0.1, 0.15) is 25.0 Å². The van der Waals surface area contributed by atoms with Crippen LogP contribution in [0.25, 0.3) is 0 Å². The third kappa shape index (κ3) is 3.42. The van der Waals surface area contributed by atoms with Crippen LogP contribution in [0, 0.1) is 6.92 Å². The third-order valence-corrected chi connectivity index (χ3v) is 1.64. The number of rotatable bonds is 2. The maximum absolute atomic E-state index is 12.8. The van der Waals surface area contributed by atoms with E-state index in [2.05, 4.69) is 0 Å². The Morgan fingerprint density at radius 1 is 1.29 bits per heavy atom. The molecule has 0 aliphatic carbocycles. The molecule has 1 nitrogen and oxygen atoms in total. The second-order valence-corrected chi connectivity index (χ2v) is 2.73. The fourth-order valence-corrected chi connectivity index (χ4v) is 0.964. The van der Waals surface area contributed by atoms with E-state index < -0.39 is 12.5 Å². The number of aliphatic hydroxyl groups excluding tert-OH is 1. The van der Waals surface area contributed by atoms with Crippen molar-refractivity contribution in [2.45, 2.75) is 26.7 Å². The van der Waals surface area contributed by atoms with Gasteiger partial charge >= 0.3 is 0 Å². The Hall–Kier alpha value is -0.960. The van der Waals surface area contributed by atoms with Crippen LogP contribution in [-0.2, 0) is 5.92 Å². The second kappa shape index (κ2) is 5.70. The molecular weight excluding hydrogens is 186 g/mol. The maximum Gasteiger partial charge on any atom is 0.295 e. The summed E-state index contributed by atoms with van der Waals surface area (Å²) in [7, 11) is 0. The molecular formula is C11H16F2O. The molecule has 0 aliphatic heterocycles. The van der Waals surface area contributed by atoms with Crippen LogP contribution in [0.4, 0.5) is 8.78 Å².